The summed E-state index contributed by atoms with van der Waals surface area (Å²) in [6, 6.07) is 14.1. The molecular weight excluding hydrogens is 262 g/mol. The van der Waals surface area contributed by atoms with E-state index in [1.54, 1.807) is 6.26 Å². The van der Waals surface area contributed by atoms with Crippen LogP contribution >= 0.6 is 0 Å². The maximum Gasteiger partial charge on any atom is 0.126 e. The molecule has 2 atom stereocenters. The van der Waals surface area contributed by atoms with Crippen LogP contribution in [0.25, 0.3) is 0 Å². The van der Waals surface area contributed by atoms with Crippen molar-refractivity contribution in [3.63, 3.8) is 0 Å². The van der Waals surface area contributed by atoms with Crippen molar-refractivity contribution in [3.8, 4) is 0 Å². The summed E-state index contributed by atoms with van der Waals surface area (Å²) in [6.45, 7) is 2.08. The highest BCUT2D eigenvalue weighted by Crippen LogP contribution is 2.24. The molecule has 0 fully saturated rings. The number of rotatable bonds is 5. The van der Waals surface area contributed by atoms with E-state index in [1.165, 1.54) is 5.56 Å². The molecule has 2 aromatic heterocycles. The molecule has 2 N–H and O–H groups in total. The maximum atomic E-state index is 6.37. The van der Waals surface area contributed by atoms with E-state index in [1.807, 2.05) is 42.9 Å². The first-order valence-corrected chi connectivity index (χ1v) is 7.10. The third-order valence-electron chi connectivity index (χ3n) is 3.75. The average Bonchev–Trinajstić information content (AvgIpc) is 3.19. The lowest BCUT2D eigenvalue weighted by atomic mass is 10.0. The number of aromatic nitrogens is 2. The molecule has 4 heteroatoms. The summed E-state index contributed by atoms with van der Waals surface area (Å²) < 4.78 is 7.56. The summed E-state index contributed by atoms with van der Waals surface area (Å²) in [4.78, 5) is 4.26. The van der Waals surface area contributed by atoms with Crippen LogP contribution in [0.3, 0.4) is 0 Å². The van der Waals surface area contributed by atoms with Crippen LogP contribution in [0.1, 0.15) is 36.0 Å². The Hall–Kier alpha value is -2.33. The van der Waals surface area contributed by atoms with Gasteiger partial charge in [0.15, 0.2) is 0 Å². The van der Waals surface area contributed by atoms with Crippen molar-refractivity contribution in [2.24, 2.45) is 5.73 Å². The third kappa shape index (κ3) is 2.90. The second kappa shape index (κ2) is 5.97. The van der Waals surface area contributed by atoms with Gasteiger partial charge in [-0.1, -0.05) is 30.3 Å². The Morgan fingerprint density at radius 3 is 2.71 bits per heavy atom. The summed E-state index contributed by atoms with van der Waals surface area (Å²) >= 11 is 0. The smallest absolute Gasteiger partial charge is 0.126 e. The number of nitrogens with zero attached hydrogens (tertiary/aromatic N) is 2. The quantitative estimate of drug-likeness (QED) is 0.780. The largest absolute Gasteiger partial charge is 0.467 e. The summed E-state index contributed by atoms with van der Waals surface area (Å²) in [7, 11) is 0. The molecule has 0 radical (unpaired) electrons. The molecule has 3 rings (SSSR count). The van der Waals surface area contributed by atoms with Crippen molar-refractivity contribution < 1.29 is 4.42 Å². The summed E-state index contributed by atoms with van der Waals surface area (Å²) in [6.07, 6.45) is 6.13. The molecule has 0 aliphatic carbocycles. The van der Waals surface area contributed by atoms with E-state index >= 15 is 0 Å². The highest BCUT2D eigenvalue weighted by atomic mass is 16.3. The van der Waals surface area contributed by atoms with E-state index in [4.69, 9.17) is 10.2 Å². The van der Waals surface area contributed by atoms with E-state index in [0.29, 0.717) is 0 Å². The second-order valence-corrected chi connectivity index (χ2v) is 5.21. The normalized spacial score (nSPS) is 14.0. The lowest BCUT2D eigenvalue weighted by Gasteiger charge is -2.18. The first-order valence-electron chi connectivity index (χ1n) is 7.10. The number of furan rings is 1. The third-order valence-corrected chi connectivity index (χ3v) is 3.75. The van der Waals surface area contributed by atoms with Crippen LogP contribution in [0, 0.1) is 0 Å². The first-order chi connectivity index (χ1) is 10.3. The molecule has 0 saturated carbocycles. The van der Waals surface area contributed by atoms with Gasteiger partial charge >= 0.3 is 0 Å². The zero-order chi connectivity index (χ0) is 14.7. The number of benzene rings is 1. The van der Waals surface area contributed by atoms with Gasteiger partial charge in [0, 0.05) is 6.20 Å². The minimum Gasteiger partial charge on any atom is -0.467 e. The molecule has 0 amide bonds. The summed E-state index contributed by atoms with van der Waals surface area (Å²) in [5, 5.41) is 0. The molecule has 0 bridgehead atoms. The SMILES string of the molecule is CC(c1ccco1)n1cncc1[C@H](N)Cc1ccccc1. The predicted molar refractivity (Wildman–Crippen MR) is 81.8 cm³/mol. The Morgan fingerprint density at radius 2 is 2.00 bits per heavy atom. The average molecular weight is 281 g/mol. The molecule has 1 unspecified atom stereocenters. The number of nitrogens with two attached hydrogens (primary N) is 1. The molecule has 2 heterocycles. The van der Waals surface area contributed by atoms with Gasteiger partial charge in [0.25, 0.3) is 0 Å². The van der Waals surface area contributed by atoms with Gasteiger partial charge in [0.05, 0.1) is 30.4 Å². The summed E-state index contributed by atoms with van der Waals surface area (Å²) in [5.41, 5.74) is 8.61. The van der Waals surface area contributed by atoms with Crippen LogP contribution in [0.5, 0.6) is 0 Å². The fourth-order valence-corrected chi connectivity index (χ4v) is 2.56. The Morgan fingerprint density at radius 1 is 1.19 bits per heavy atom. The van der Waals surface area contributed by atoms with Crippen LogP contribution in [0.15, 0.2) is 65.7 Å². The first kappa shape index (κ1) is 13.6. The zero-order valence-corrected chi connectivity index (χ0v) is 12.0. The van der Waals surface area contributed by atoms with Crippen molar-refractivity contribution in [1.29, 1.82) is 0 Å². The van der Waals surface area contributed by atoms with Crippen LogP contribution in [0.2, 0.25) is 0 Å². The standard InChI is InChI=1S/C17H19N3O/c1-13(17-8-5-9-21-17)20-12-19-11-16(20)15(18)10-14-6-3-2-4-7-14/h2-9,11-13,15H,10,18H2,1H3/t13?,15-/m1/s1. The van der Waals surface area contributed by atoms with E-state index in [-0.39, 0.29) is 12.1 Å². The van der Waals surface area contributed by atoms with Crippen LogP contribution in [-0.2, 0) is 6.42 Å². The summed E-state index contributed by atoms with van der Waals surface area (Å²) in [5.74, 6) is 0.904. The minimum atomic E-state index is -0.0905. The Labute approximate surface area is 124 Å². The highest BCUT2D eigenvalue weighted by Gasteiger charge is 2.18. The molecule has 0 saturated heterocycles. The van der Waals surface area contributed by atoms with E-state index in [9.17, 15) is 0 Å². The van der Waals surface area contributed by atoms with Gasteiger partial charge in [-0.2, -0.15) is 0 Å². The van der Waals surface area contributed by atoms with Crippen molar-refractivity contribution in [2.75, 3.05) is 0 Å². The molecule has 108 valence electrons. The minimum absolute atomic E-state index is 0.0827. The van der Waals surface area contributed by atoms with Crippen LogP contribution < -0.4 is 5.73 Å². The van der Waals surface area contributed by atoms with Gasteiger partial charge in [-0.05, 0) is 31.0 Å². The topological polar surface area (TPSA) is 57.0 Å². The van der Waals surface area contributed by atoms with Gasteiger partial charge in [-0.3, -0.25) is 0 Å². The highest BCUT2D eigenvalue weighted by molar-refractivity contribution is 5.19. The van der Waals surface area contributed by atoms with Crippen LogP contribution in [-0.4, -0.2) is 9.55 Å². The zero-order valence-electron chi connectivity index (χ0n) is 12.0. The Bertz CT molecular complexity index is 673. The van der Waals surface area contributed by atoms with Crippen molar-refractivity contribution in [3.05, 3.63) is 78.3 Å². The van der Waals surface area contributed by atoms with Gasteiger partial charge < -0.3 is 14.7 Å². The molecule has 1 aromatic carbocycles. The second-order valence-electron chi connectivity index (χ2n) is 5.21. The van der Waals surface area contributed by atoms with Crippen molar-refractivity contribution >= 4 is 0 Å². The molecule has 21 heavy (non-hydrogen) atoms. The van der Waals surface area contributed by atoms with Crippen molar-refractivity contribution in [2.45, 2.75) is 25.4 Å². The van der Waals surface area contributed by atoms with Gasteiger partial charge in [0.1, 0.15) is 5.76 Å². The maximum absolute atomic E-state index is 6.37. The van der Waals surface area contributed by atoms with Gasteiger partial charge in [-0.25, -0.2) is 4.98 Å². The van der Waals surface area contributed by atoms with Gasteiger partial charge in [-0.15, -0.1) is 0 Å². The molecule has 0 aliphatic rings. The number of hydrogen-bond donors (Lipinski definition) is 1. The van der Waals surface area contributed by atoms with Gasteiger partial charge in [0.2, 0.25) is 0 Å². The van der Waals surface area contributed by atoms with E-state index in [0.717, 1.165) is 17.9 Å². The molecule has 3 aromatic rings. The number of imidazole rings is 1. The van der Waals surface area contributed by atoms with Crippen LogP contribution in [0.4, 0.5) is 0 Å². The molecule has 4 nitrogen and oxygen atoms in total. The molecule has 0 aliphatic heterocycles. The molecule has 0 spiro atoms. The fourth-order valence-electron chi connectivity index (χ4n) is 2.56. The Kier molecular flexibility index (Phi) is 3.88. The van der Waals surface area contributed by atoms with E-state index in [2.05, 4.69) is 28.6 Å². The monoisotopic (exact) mass is 281 g/mol. The van der Waals surface area contributed by atoms with E-state index < -0.39 is 0 Å². The number of hydrogen-bond acceptors (Lipinski definition) is 3. The lowest BCUT2D eigenvalue weighted by molar-refractivity contribution is 0.434. The lowest BCUT2D eigenvalue weighted by Crippen LogP contribution is -2.19. The Balaban J connectivity index is 1.82. The molecular formula is C17H19N3O. The predicted octanol–water partition coefficient (Wildman–Crippen LogP) is 3.33. The fraction of sp³-hybridized carbons (Fsp3) is 0.235. The van der Waals surface area contributed by atoms with Crippen molar-refractivity contribution in [1.82, 2.24) is 9.55 Å².